The number of rotatable bonds is 9. The van der Waals surface area contributed by atoms with E-state index < -0.39 is 47.6 Å². The number of nitrogens with zero attached hydrogens (tertiary/aromatic N) is 1. The second-order valence-electron chi connectivity index (χ2n) is 18.9. The molecule has 0 aromatic heterocycles. The Labute approximate surface area is 333 Å². The number of allylic oxidation sites excluding steroid dienone is 1. The Kier molecular flexibility index (Phi) is 9.04. The molecule has 57 heavy (non-hydrogen) atoms. The van der Waals surface area contributed by atoms with Crippen LogP contribution in [0, 0.1) is 22.7 Å². The predicted octanol–water partition coefficient (Wildman–Crippen LogP) is 4.16. The smallest absolute Gasteiger partial charge is 0.327 e. The first kappa shape index (κ1) is 37.6. The van der Waals surface area contributed by atoms with Crippen LogP contribution >= 0.6 is 0 Å². The molecular weight excluding hydrogens is 727 g/mol. The molecule has 10 rings (SSSR count). The molecular formula is C45H55N3O9. The van der Waals surface area contributed by atoms with Crippen molar-refractivity contribution in [3.05, 3.63) is 76.4 Å². The summed E-state index contributed by atoms with van der Waals surface area (Å²) < 4.78 is 26.0. The molecule has 1 spiro atoms. The summed E-state index contributed by atoms with van der Waals surface area (Å²) in [6, 6.07) is 15.5. The summed E-state index contributed by atoms with van der Waals surface area (Å²) in [7, 11) is 0. The van der Waals surface area contributed by atoms with E-state index in [0.717, 1.165) is 41.5 Å². The van der Waals surface area contributed by atoms with Crippen LogP contribution in [-0.2, 0) is 57.6 Å². The van der Waals surface area contributed by atoms with Gasteiger partial charge in [-0.3, -0.25) is 19.2 Å². The highest BCUT2D eigenvalue weighted by Crippen LogP contribution is 2.61. The number of hydrogen-bond donors (Lipinski definition) is 3. The number of carbonyl (C=O) groups excluding carboxylic acids is 3. The van der Waals surface area contributed by atoms with Crippen molar-refractivity contribution in [1.29, 1.82) is 0 Å². The van der Waals surface area contributed by atoms with Crippen LogP contribution in [0.15, 0.2) is 54.1 Å². The minimum Gasteiger partial charge on any atom is -0.458 e. The lowest BCUT2D eigenvalue weighted by Gasteiger charge is -2.53. The van der Waals surface area contributed by atoms with Crippen LogP contribution in [-0.4, -0.2) is 95.6 Å². The summed E-state index contributed by atoms with van der Waals surface area (Å²) in [6.45, 7) is 7.36. The van der Waals surface area contributed by atoms with E-state index in [0.29, 0.717) is 36.2 Å². The summed E-state index contributed by atoms with van der Waals surface area (Å²) in [5.41, 5.74) is 4.85. The number of nitrogens with one attached hydrogen (secondary N) is 2. The summed E-state index contributed by atoms with van der Waals surface area (Å²) in [5, 5.41) is 16.4. The number of esters is 1. The minimum absolute atomic E-state index is 0.0248. The minimum atomic E-state index is -1.34. The van der Waals surface area contributed by atoms with E-state index in [2.05, 4.69) is 61.7 Å². The van der Waals surface area contributed by atoms with Crippen molar-refractivity contribution >= 4 is 23.9 Å². The van der Waals surface area contributed by atoms with Crippen molar-refractivity contribution in [3.8, 4) is 0 Å². The fourth-order valence-electron chi connectivity index (χ4n) is 11.9. The van der Waals surface area contributed by atoms with Crippen LogP contribution in [0.1, 0.15) is 88.0 Å². The summed E-state index contributed by atoms with van der Waals surface area (Å²) >= 11 is 0. The molecule has 2 amide bonds. The maximum Gasteiger partial charge on any atom is 0.327 e. The van der Waals surface area contributed by atoms with Gasteiger partial charge >= 0.3 is 5.97 Å². The van der Waals surface area contributed by atoms with Crippen molar-refractivity contribution in [3.63, 3.8) is 0 Å². The Morgan fingerprint density at radius 3 is 2.51 bits per heavy atom. The number of aliphatic hydroxyl groups is 1. The lowest BCUT2D eigenvalue weighted by Crippen LogP contribution is -2.69. The normalized spacial score (nSPS) is 38.4. The average Bonchev–Trinajstić information content (AvgIpc) is 3.46. The van der Waals surface area contributed by atoms with Gasteiger partial charge < -0.3 is 34.7 Å². The third-order valence-electron chi connectivity index (χ3n) is 14.8. The van der Waals surface area contributed by atoms with Gasteiger partial charge in [-0.2, -0.15) is 5.06 Å². The zero-order valence-corrected chi connectivity index (χ0v) is 33.2. The fraction of sp³-hybridized carbons (Fsp3) is 0.622. The second-order valence-corrected chi connectivity index (χ2v) is 18.9. The van der Waals surface area contributed by atoms with Crippen LogP contribution in [0.4, 0.5) is 0 Å². The van der Waals surface area contributed by atoms with Gasteiger partial charge in [-0.1, -0.05) is 74.0 Å². The molecule has 7 fully saturated rings. The topological polar surface area (TPSA) is 148 Å². The summed E-state index contributed by atoms with van der Waals surface area (Å²) in [6.07, 6.45) is 6.78. The lowest BCUT2D eigenvalue weighted by atomic mass is 9.52. The third kappa shape index (κ3) is 6.28. The number of aliphatic hydroxyl groups excluding tert-OH is 1. The Bertz CT molecular complexity index is 1980. The first-order chi connectivity index (χ1) is 27.4. The Balaban J connectivity index is 0.934. The Hall–Kier alpha value is -3.65. The quantitative estimate of drug-likeness (QED) is 0.251. The number of benzene rings is 2. The number of epoxide rings is 1. The van der Waals surface area contributed by atoms with Gasteiger partial charge in [-0.25, -0.2) is 0 Å². The lowest BCUT2D eigenvalue weighted by molar-refractivity contribution is -0.217. The van der Waals surface area contributed by atoms with Crippen LogP contribution < -0.4 is 10.6 Å². The van der Waals surface area contributed by atoms with E-state index >= 15 is 0 Å². The highest BCUT2D eigenvalue weighted by atomic mass is 16.8. The molecule has 12 nitrogen and oxygen atoms in total. The van der Waals surface area contributed by atoms with Crippen LogP contribution in [0.25, 0.3) is 6.08 Å². The molecule has 0 radical (unpaired) electrons. The van der Waals surface area contributed by atoms with E-state index in [1.54, 1.807) is 5.06 Å². The van der Waals surface area contributed by atoms with Crippen molar-refractivity contribution in [2.24, 2.45) is 22.7 Å². The molecule has 304 valence electrons. The second kappa shape index (κ2) is 13.7. The van der Waals surface area contributed by atoms with E-state index in [4.69, 9.17) is 28.9 Å². The molecule has 3 N–H and O–H groups in total. The van der Waals surface area contributed by atoms with Crippen LogP contribution in [0.2, 0.25) is 0 Å². The monoisotopic (exact) mass is 781 g/mol. The van der Waals surface area contributed by atoms with Crippen LogP contribution in [0.5, 0.6) is 0 Å². The molecule has 4 saturated heterocycles. The maximum atomic E-state index is 14.6. The molecule has 4 aliphatic carbocycles. The van der Waals surface area contributed by atoms with Crippen molar-refractivity contribution < 1.29 is 43.3 Å². The van der Waals surface area contributed by atoms with Gasteiger partial charge in [-0.05, 0) is 78.5 Å². The largest absolute Gasteiger partial charge is 0.458 e. The van der Waals surface area contributed by atoms with Gasteiger partial charge in [0, 0.05) is 38.8 Å². The van der Waals surface area contributed by atoms with Crippen molar-refractivity contribution in [2.75, 3.05) is 19.7 Å². The molecule has 10 atom stereocenters. The first-order valence-electron chi connectivity index (χ1n) is 21.1. The zero-order valence-electron chi connectivity index (χ0n) is 33.2. The summed E-state index contributed by atoms with van der Waals surface area (Å²) in [4.78, 5) is 48.0. The molecule has 12 heteroatoms. The van der Waals surface area contributed by atoms with E-state index in [9.17, 15) is 14.4 Å². The molecule has 8 aliphatic rings. The van der Waals surface area contributed by atoms with E-state index in [-0.39, 0.29) is 56.5 Å². The average molecular weight is 782 g/mol. The van der Waals surface area contributed by atoms with Gasteiger partial charge in [0.25, 0.3) is 0 Å². The standard InChI is InChI=1S/C45H55N3O9/c1-42(2)23-31-28(11-12-34-43(3,54-34)15-13-32(31)42)20-26-7-6-8-27(19-26)25-48-38-40(51)53-33-24-45(38,41(52)47-16-14-35(50)46-17-18-49)39(57-48)37-36(33)55-44(56-37)21-29-9-4-5-10-30(29)22-44/h4-10,19-20,31-34,36-39,49H,11-18,21-25H2,1-3H3,(H,46,50)(H,47,52). The fourth-order valence-corrected chi connectivity index (χ4v) is 11.9. The number of hydroxylamine groups is 2. The van der Waals surface area contributed by atoms with Crippen LogP contribution in [0.3, 0.4) is 0 Å². The number of hydrogen-bond acceptors (Lipinski definition) is 10. The van der Waals surface area contributed by atoms with Gasteiger partial charge in [0.05, 0.1) is 24.9 Å². The maximum absolute atomic E-state index is 14.6. The number of carbonyl (C=O) groups is 3. The van der Waals surface area contributed by atoms with Gasteiger partial charge in [0.1, 0.15) is 29.8 Å². The van der Waals surface area contributed by atoms with Crippen molar-refractivity contribution in [2.45, 2.75) is 133 Å². The number of ether oxygens (including phenoxy) is 4. The molecule has 10 unspecified atom stereocenters. The number of amides is 2. The molecule has 2 aromatic carbocycles. The van der Waals surface area contributed by atoms with Gasteiger partial charge in [-0.15, -0.1) is 0 Å². The first-order valence-corrected chi connectivity index (χ1v) is 21.1. The zero-order chi connectivity index (χ0) is 39.3. The SMILES string of the molecule is CC1(C)CC2C(=Cc3cccc(CN4OC5C6OC7(Cc8ccccc8C7)OC6C6CC5(C(=O)NCCC(=O)NCCO)C4C(=O)O6)c3)CCC3OC3(C)CCC21. The molecule has 2 bridgehead atoms. The summed E-state index contributed by atoms with van der Waals surface area (Å²) in [5.74, 6) is -0.941. The molecule has 4 aliphatic heterocycles. The molecule has 2 aromatic rings. The predicted molar refractivity (Wildman–Crippen MR) is 207 cm³/mol. The highest BCUT2D eigenvalue weighted by Gasteiger charge is 2.76. The highest BCUT2D eigenvalue weighted by molar-refractivity contribution is 5.94. The Morgan fingerprint density at radius 1 is 0.947 bits per heavy atom. The van der Waals surface area contributed by atoms with Gasteiger partial charge in [0.15, 0.2) is 11.8 Å². The van der Waals surface area contributed by atoms with Crippen molar-refractivity contribution in [1.82, 2.24) is 15.7 Å². The van der Waals surface area contributed by atoms with E-state index in [1.807, 2.05) is 24.3 Å². The number of fused-ring (bicyclic) bond motifs is 7. The third-order valence-corrected chi connectivity index (χ3v) is 14.8. The Morgan fingerprint density at radius 2 is 1.74 bits per heavy atom. The van der Waals surface area contributed by atoms with E-state index in [1.165, 1.54) is 18.4 Å². The van der Waals surface area contributed by atoms with Gasteiger partial charge in [0.2, 0.25) is 11.8 Å². The molecule has 4 heterocycles. The molecule has 3 saturated carbocycles.